The van der Waals surface area contributed by atoms with Gasteiger partial charge in [-0.05, 0) is 18.3 Å². The van der Waals surface area contributed by atoms with E-state index in [-0.39, 0.29) is 11.4 Å². The molecule has 0 unspecified atom stereocenters. The molecule has 1 aliphatic carbocycles. The third-order valence-electron chi connectivity index (χ3n) is 3.01. The number of hydrogen-bond donors (Lipinski definition) is 2. The van der Waals surface area contributed by atoms with Gasteiger partial charge < -0.3 is 10.8 Å². The second-order valence-electron chi connectivity index (χ2n) is 4.12. The molecule has 0 aromatic carbocycles. The Hall–Kier alpha value is -1.52. The highest BCUT2D eigenvalue weighted by Crippen LogP contribution is 2.42. The summed E-state index contributed by atoms with van der Waals surface area (Å²) < 4.78 is 1.65. The summed E-state index contributed by atoms with van der Waals surface area (Å²) in [5, 5.41) is 12.7. The van der Waals surface area contributed by atoms with Crippen molar-refractivity contribution in [1.82, 2.24) is 9.78 Å². The summed E-state index contributed by atoms with van der Waals surface area (Å²) in [5.74, 6) is 0.369. The van der Waals surface area contributed by atoms with E-state index in [1.807, 2.05) is 0 Å². The van der Waals surface area contributed by atoms with Crippen LogP contribution >= 0.6 is 0 Å². The summed E-state index contributed by atoms with van der Waals surface area (Å²) in [4.78, 5) is 10.7. The van der Waals surface area contributed by atoms with Gasteiger partial charge in [0.25, 0.3) is 0 Å². The van der Waals surface area contributed by atoms with Crippen molar-refractivity contribution in [2.75, 3.05) is 5.73 Å². The summed E-state index contributed by atoms with van der Waals surface area (Å²) in [6, 6.07) is 0. The first kappa shape index (κ1) is 10.0. The summed E-state index contributed by atoms with van der Waals surface area (Å²) in [5.41, 5.74) is 5.75. The molecule has 5 heteroatoms. The topological polar surface area (TPSA) is 81.1 Å². The zero-order chi connectivity index (χ0) is 11.0. The molecule has 1 aromatic heterocycles. The average molecular weight is 209 g/mol. The summed E-state index contributed by atoms with van der Waals surface area (Å²) in [7, 11) is 0. The molecule has 1 aromatic rings. The number of anilines is 1. The van der Waals surface area contributed by atoms with Crippen molar-refractivity contribution in [3.05, 3.63) is 11.9 Å². The number of hydrogen-bond acceptors (Lipinski definition) is 3. The highest BCUT2D eigenvalue weighted by atomic mass is 16.4. The molecule has 0 bridgehead atoms. The number of carbonyl (C=O) groups is 1. The molecule has 1 heterocycles. The van der Waals surface area contributed by atoms with E-state index in [0.717, 1.165) is 12.5 Å². The quantitative estimate of drug-likeness (QED) is 0.781. The lowest BCUT2D eigenvalue weighted by Gasteiger charge is -1.98. The Labute approximate surface area is 87.9 Å². The SMILES string of the molecule is CC[C@@H]1C[C@H]1Cn1cc(N)c(C(=O)O)n1. The Bertz CT molecular complexity index is 386. The number of nitrogens with zero attached hydrogens (tertiary/aromatic N) is 2. The number of nitrogens with two attached hydrogens (primary N) is 1. The van der Waals surface area contributed by atoms with Crippen molar-refractivity contribution >= 4 is 11.7 Å². The Morgan fingerprint density at radius 2 is 2.47 bits per heavy atom. The van der Waals surface area contributed by atoms with Gasteiger partial charge in [0.2, 0.25) is 0 Å². The fourth-order valence-electron chi connectivity index (χ4n) is 1.97. The lowest BCUT2D eigenvalue weighted by Crippen LogP contribution is -2.05. The molecule has 5 nitrogen and oxygen atoms in total. The van der Waals surface area contributed by atoms with Crippen molar-refractivity contribution < 1.29 is 9.90 Å². The van der Waals surface area contributed by atoms with E-state index in [1.54, 1.807) is 10.9 Å². The fraction of sp³-hybridized carbons (Fsp3) is 0.600. The molecule has 3 N–H and O–H groups in total. The van der Waals surface area contributed by atoms with Crippen LogP contribution in [-0.2, 0) is 6.54 Å². The summed E-state index contributed by atoms with van der Waals surface area (Å²) >= 11 is 0. The normalized spacial score (nSPS) is 24.1. The average Bonchev–Trinajstić information content (AvgIpc) is 2.81. The van der Waals surface area contributed by atoms with Gasteiger partial charge in [-0.1, -0.05) is 13.3 Å². The first-order valence-electron chi connectivity index (χ1n) is 5.18. The number of aromatic carboxylic acids is 1. The van der Waals surface area contributed by atoms with Crippen molar-refractivity contribution in [2.45, 2.75) is 26.3 Å². The van der Waals surface area contributed by atoms with Crippen LogP contribution in [0.5, 0.6) is 0 Å². The van der Waals surface area contributed by atoms with Gasteiger partial charge >= 0.3 is 5.97 Å². The van der Waals surface area contributed by atoms with Gasteiger partial charge in [-0.3, -0.25) is 4.68 Å². The predicted molar refractivity (Wildman–Crippen MR) is 55.5 cm³/mol. The van der Waals surface area contributed by atoms with Gasteiger partial charge in [0.1, 0.15) is 0 Å². The van der Waals surface area contributed by atoms with Crippen LogP contribution in [0.15, 0.2) is 6.20 Å². The molecule has 2 rings (SSSR count). The van der Waals surface area contributed by atoms with Gasteiger partial charge in [0, 0.05) is 12.7 Å². The standard InChI is InChI=1S/C10H15N3O2/c1-2-6-3-7(6)4-13-5-8(11)9(12-13)10(14)15/h5-7H,2-4,11H2,1H3,(H,14,15)/t6-,7+/m1/s1. The highest BCUT2D eigenvalue weighted by Gasteiger charge is 2.35. The Morgan fingerprint density at radius 3 is 2.93 bits per heavy atom. The zero-order valence-electron chi connectivity index (χ0n) is 8.68. The van der Waals surface area contributed by atoms with Crippen LogP contribution in [0, 0.1) is 11.8 Å². The largest absolute Gasteiger partial charge is 0.476 e. The first-order valence-corrected chi connectivity index (χ1v) is 5.18. The van der Waals surface area contributed by atoms with Gasteiger partial charge in [-0.15, -0.1) is 0 Å². The van der Waals surface area contributed by atoms with E-state index in [0.29, 0.717) is 5.92 Å². The van der Waals surface area contributed by atoms with Gasteiger partial charge in [-0.2, -0.15) is 5.10 Å². The van der Waals surface area contributed by atoms with Gasteiger partial charge in [0.05, 0.1) is 5.69 Å². The molecule has 0 spiro atoms. The molecule has 0 aliphatic heterocycles. The summed E-state index contributed by atoms with van der Waals surface area (Å²) in [6.45, 7) is 2.96. The van der Waals surface area contributed by atoms with Crippen molar-refractivity contribution in [1.29, 1.82) is 0 Å². The van der Waals surface area contributed by atoms with Gasteiger partial charge in [0.15, 0.2) is 5.69 Å². The van der Waals surface area contributed by atoms with E-state index in [9.17, 15) is 4.79 Å². The van der Waals surface area contributed by atoms with Crippen LogP contribution < -0.4 is 5.73 Å². The molecule has 2 atom stereocenters. The van der Waals surface area contributed by atoms with E-state index < -0.39 is 5.97 Å². The Morgan fingerprint density at radius 1 is 1.73 bits per heavy atom. The number of aromatic nitrogens is 2. The molecule has 1 saturated carbocycles. The second-order valence-corrected chi connectivity index (χ2v) is 4.12. The van der Waals surface area contributed by atoms with Crippen molar-refractivity contribution in [3.63, 3.8) is 0 Å². The lowest BCUT2D eigenvalue weighted by atomic mass is 10.2. The predicted octanol–water partition coefficient (Wildman–Crippen LogP) is 1.21. The lowest BCUT2D eigenvalue weighted by molar-refractivity contribution is 0.0690. The van der Waals surface area contributed by atoms with Crippen LogP contribution in [0.3, 0.4) is 0 Å². The van der Waals surface area contributed by atoms with E-state index in [2.05, 4.69) is 12.0 Å². The maximum atomic E-state index is 10.7. The smallest absolute Gasteiger partial charge is 0.358 e. The second kappa shape index (κ2) is 3.56. The molecule has 0 amide bonds. The fourth-order valence-corrected chi connectivity index (χ4v) is 1.97. The maximum absolute atomic E-state index is 10.7. The van der Waals surface area contributed by atoms with Crippen molar-refractivity contribution in [2.24, 2.45) is 11.8 Å². The minimum atomic E-state index is -1.06. The van der Waals surface area contributed by atoms with Gasteiger partial charge in [-0.25, -0.2) is 4.79 Å². The first-order chi connectivity index (χ1) is 7.11. The molecule has 1 fully saturated rings. The van der Waals surface area contributed by atoms with E-state index >= 15 is 0 Å². The van der Waals surface area contributed by atoms with Crippen LogP contribution in [0.2, 0.25) is 0 Å². The third-order valence-corrected chi connectivity index (χ3v) is 3.01. The molecule has 0 saturated heterocycles. The number of rotatable bonds is 4. The zero-order valence-corrected chi connectivity index (χ0v) is 8.68. The molecule has 1 aliphatic rings. The number of carboxylic acids is 1. The van der Waals surface area contributed by atoms with Crippen LogP contribution in [-0.4, -0.2) is 20.9 Å². The van der Waals surface area contributed by atoms with Crippen LogP contribution in [0.25, 0.3) is 0 Å². The Kier molecular flexibility index (Phi) is 2.38. The Balaban J connectivity index is 2.04. The summed E-state index contributed by atoms with van der Waals surface area (Å²) in [6.07, 6.45) is 4.01. The van der Waals surface area contributed by atoms with Crippen molar-refractivity contribution in [3.8, 4) is 0 Å². The minimum Gasteiger partial charge on any atom is -0.476 e. The van der Waals surface area contributed by atoms with E-state index in [4.69, 9.17) is 10.8 Å². The molecular weight excluding hydrogens is 194 g/mol. The number of carboxylic acid groups (broad SMARTS) is 1. The maximum Gasteiger partial charge on any atom is 0.358 e. The molecule has 0 radical (unpaired) electrons. The molecule has 82 valence electrons. The third kappa shape index (κ3) is 1.95. The highest BCUT2D eigenvalue weighted by molar-refractivity contribution is 5.91. The van der Waals surface area contributed by atoms with Crippen LogP contribution in [0.4, 0.5) is 5.69 Å². The number of nitrogen functional groups attached to an aromatic ring is 1. The van der Waals surface area contributed by atoms with Crippen LogP contribution in [0.1, 0.15) is 30.3 Å². The monoisotopic (exact) mass is 209 g/mol. The van der Waals surface area contributed by atoms with E-state index in [1.165, 1.54) is 12.8 Å². The minimum absolute atomic E-state index is 0.0382. The molecule has 15 heavy (non-hydrogen) atoms. The molecular formula is C10H15N3O2.